The first kappa shape index (κ1) is 16.8. The summed E-state index contributed by atoms with van der Waals surface area (Å²) >= 11 is 9.40. The molecule has 2 nitrogen and oxygen atoms in total. The summed E-state index contributed by atoms with van der Waals surface area (Å²) in [6.45, 7) is 9.12. The summed E-state index contributed by atoms with van der Waals surface area (Å²) in [5.41, 5.74) is 1.12. The number of rotatable bonds is 2. The maximum atomic E-state index is 12.4. The summed E-state index contributed by atoms with van der Waals surface area (Å²) < 4.78 is 0.824. The topological polar surface area (TPSA) is 29.1 Å². The van der Waals surface area contributed by atoms with E-state index in [-0.39, 0.29) is 22.8 Å². The number of hydrogen-bond donors (Lipinski definition) is 1. The lowest BCUT2D eigenvalue weighted by atomic mass is 9.63. The van der Waals surface area contributed by atoms with Crippen molar-refractivity contribution in [1.82, 2.24) is 5.32 Å². The van der Waals surface area contributed by atoms with Crippen LogP contribution in [0.2, 0.25) is 5.02 Å². The average Bonchev–Trinajstić information content (AvgIpc) is 2.22. The van der Waals surface area contributed by atoms with E-state index in [1.165, 1.54) is 6.42 Å². The third kappa shape index (κ3) is 4.72. The quantitative estimate of drug-likeness (QED) is 0.736. The molecule has 1 aliphatic carbocycles. The molecule has 1 aromatic carbocycles. The number of carbonyl (C=O) groups is 1. The van der Waals surface area contributed by atoms with Crippen LogP contribution in [0.1, 0.15) is 57.3 Å². The van der Waals surface area contributed by atoms with Crippen LogP contribution in [-0.2, 0) is 0 Å². The zero-order valence-electron chi connectivity index (χ0n) is 13.1. The number of amides is 1. The molecule has 0 unspecified atom stereocenters. The van der Waals surface area contributed by atoms with Crippen molar-refractivity contribution in [1.29, 1.82) is 0 Å². The van der Waals surface area contributed by atoms with Gasteiger partial charge >= 0.3 is 0 Å². The maximum Gasteiger partial charge on any atom is 0.251 e. The smallest absolute Gasteiger partial charge is 0.251 e. The number of benzene rings is 1. The van der Waals surface area contributed by atoms with E-state index in [2.05, 4.69) is 48.9 Å². The first-order valence-electron chi connectivity index (χ1n) is 7.33. The molecule has 1 saturated carbocycles. The molecule has 0 radical (unpaired) electrons. The molecule has 4 heteroatoms. The third-order valence-electron chi connectivity index (χ3n) is 4.02. The second-order valence-electron chi connectivity index (χ2n) is 7.74. The van der Waals surface area contributed by atoms with E-state index in [4.69, 9.17) is 11.6 Å². The highest BCUT2D eigenvalue weighted by molar-refractivity contribution is 9.10. The van der Waals surface area contributed by atoms with E-state index in [0.29, 0.717) is 10.6 Å². The van der Waals surface area contributed by atoms with Gasteiger partial charge in [0.25, 0.3) is 5.91 Å². The van der Waals surface area contributed by atoms with Gasteiger partial charge in [-0.15, -0.1) is 0 Å². The van der Waals surface area contributed by atoms with Crippen LogP contribution in [0.15, 0.2) is 22.7 Å². The first-order chi connectivity index (χ1) is 9.56. The summed E-state index contributed by atoms with van der Waals surface area (Å²) in [6, 6.07) is 5.51. The normalized spacial score (nSPS) is 21.0. The van der Waals surface area contributed by atoms with E-state index in [1.807, 2.05) is 0 Å². The Kier molecular flexibility index (Phi) is 4.75. The number of nitrogens with one attached hydrogen (secondary N) is 1. The van der Waals surface area contributed by atoms with Crippen molar-refractivity contribution in [3.8, 4) is 0 Å². The lowest BCUT2D eigenvalue weighted by Gasteiger charge is -2.45. The Morgan fingerprint density at radius 2 is 1.76 bits per heavy atom. The van der Waals surface area contributed by atoms with Crippen LogP contribution < -0.4 is 5.32 Å². The highest BCUT2D eigenvalue weighted by atomic mass is 79.9. The number of hydrogen-bond acceptors (Lipinski definition) is 1. The Morgan fingerprint density at radius 1 is 1.19 bits per heavy atom. The van der Waals surface area contributed by atoms with Crippen molar-refractivity contribution < 1.29 is 4.79 Å². The minimum atomic E-state index is -0.0447. The second-order valence-corrected chi connectivity index (χ2v) is 9.09. The summed E-state index contributed by atoms with van der Waals surface area (Å²) in [5.74, 6) is -0.0447. The van der Waals surface area contributed by atoms with Gasteiger partial charge in [-0.1, -0.05) is 55.2 Å². The molecule has 1 aromatic rings. The summed E-state index contributed by atoms with van der Waals surface area (Å²) in [5, 5.41) is 3.75. The van der Waals surface area contributed by atoms with Gasteiger partial charge in [-0.25, -0.2) is 0 Å². The predicted molar refractivity (Wildman–Crippen MR) is 91.8 cm³/mol. The minimum Gasteiger partial charge on any atom is -0.349 e. The van der Waals surface area contributed by atoms with Crippen LogP contribution >= 0.6 is 27.5 Å². The van der Waals surface area contributed by atoms with E-state index in [0.717, 1.165) is 17.3 Å². The zero-order chi connectivity index (χ0) is 15.8. The molecule has 1 aliphatic rings. The van der Waals surface area contributed by atoms with Gasteiger partial charge in [0.15, 0.2) is 0 Å². The molecule has 21 heavy (non-hydrogen) atoms. The molecule has 1 fully saturated rings. The van der Waals surface area contributed by atoms with Gasteiger partial charge in [-0.2, -0.15) is 0 Å². The fraction of sp³-hybridized carbons (Fsp3) is 0.588. The molecule has 0 atom stereocenters. The average molecular weight is 373 g/mol. The second kappa shape index (κ2) is 5.92. The van der Waals surface area contributed by atoms with E-state index in [9.17, 15) is 4.79 Å². The van der Waals surface area contributed by atoms with Crippen LogP contribution in [-0.4, -0.2) is 11.9 Å². The lowest BCUT2D eigenvalue weighted by Crippen LogP contribution is -2.46. The zero-order valence-corrected chi connectivity index (χ0v) is 15.4. The molecule has 0 saturated heterocycles. The molecule has 0 heterocycles. The Morgan fingerprint density at radius 3 is 2.29 bits per heavy atom. The Balaban J connectivity index is 2.12. The predicted octanol–water partition coefficient (Wildman–Crippen LogP) is 5.44. The van der Waals surface area contributed by atoms with Gasteiger partial charge in [0, 0.05) is 21.1 Å². The van der Waals surface area contributed by atoms with Gasteiger partial charge in [0.1, 0.15) is 0 Å². The Labute approximate surface area is 140 Å². The SMILES string of the molecule is CC1(C)CC(NC(=O)c2cc(Cl)cc(Br)c2)CC(C)(C)C1. The van der Waals surface area contributed by atoms with Crippen molar-refractivity contribution >= 4 is 33.4 Å². The van der Waals surface area contributed by atoms with Crippen molar-refractivity contribution in [2.75, 3.05) is 0 Å². The molecule has 2 rings (SSSR count). The molecular formula is C17H23BrClNO. The minimum absolute atomic E-state index is 0.0447. The molecule has 0 bridgehead atoms. The lowest BCUT2D eigenvalue weighted by molar-refractivity contribution is 0.0713. The van der Waals surface area contributed by atoms with Crippen LogP contribution in [0.4, 0.5) is 0 Å². The van der Waals surface area contributed by atoms with E-state index < -0.39 is 0 Å². The number of halogens is 2. The van der Waals surface area contributed by atoms with Gasteiger partial charge < -0.3 is 5.32 Å². The van der Waals surface area contributed by atoms with Crippen molar-refractivity contribution in [2.45, 2.75) is 53.0 Å². The van der Waals surface area contributed by atoms with Gasteiger partial charge in [-0.05, 0) is 48.3 Å². The molecule has 1 N–H and O–H groups in total. The van der Waals surface area contributed by atoms with Gasteiger partial charge in [-0.3, -0.25) is 4.79 Å². The highest BCUT2D eigenvalue weighted by Crippen LogP contribution is 2.45. The first-order valence-corrected chi connectivity index (χ1v) is 8.50. The maximum absolute atomic E-state index is 12.4. The van der Waals surface area contributed by atoms with Gasteiger partial charge in [0.2, 0.25) is 0 Å². The van der Waals surface area contributed by atoms with Crippen molar-refractivity contribution in [3.05, 3.63) is 33.3 Å². The van der Waals surface area contributed by atoms with Crippen molar-refractivity contribution in [2.24, 2.45) is 10.8 Å². The van der Waals surface area contributed by atoms with E-state index in [1.54, 1.807) is 18.2 Å². The Hall–Kier alpha value is -0.540. The third-order valence-corrected chi connectivity index (χ3v) is 4.69. The molecule has 1 amide bonds. The standard InChI is InChI=1S/C17H23BrClNO/c1-16(2)8-14(9-17(3,4)10-16)20-15(21)11-5-12(18)7-13(19)6-11/h5-7,14H,8-10H2,1-4H3,(H,20,21). The van der Waals surface area contributed by atoms with Gasteiger partial charge in [0.05, 0.1) is 0 Å². The van der Waals surface area contributed by atoms with Crippen LogP contribution in [0.25, 0.3) is 0 Å². The Bertz CT molecular complexity index is 517. The van der Waals surface area contributed by atoms with Crippen molar-refractivity contribution in [3.63, 3.8) is 0 Å². The highest BCUT2D eigenvalue weighted by Gasteiger charge is 2.38. The molecular weight excluding hydrogens is 350 g/mol. The van der Waals surface area contributed by atoms with E-state index >= 15 is 0 Å². The summed E-state index contributed by atoms with van der Waals surface area (Å²) in [7, 11) is 0. The fourth-order valence-corrected chi connectivity index (χ4v) is 4.76. The summed E-state index contributed by atoms with van der Waals surface area (Å²) in [6.07, 6.45) is 3.23. The molecule has 0 spiro atoms. The number of carbonyl (C=O) groups excluding carboxylic acids is 1. The molecule has 116 valence electrons. The molecule has 0 aliphatic heterocycles. The molecule has 0 aromatic heterocycles. The van der Waals surface area contributed by atoms with Crippen LogP contribution in [0.3, 0.4) is 0 Å². The largest absolute Gasteiger partial charge is 0.349 e. The monoisotopic (exact) mass is 371 g/mol. The fourth-order valence-electron chi connectivity index (χ4n) is 3.90. The van der Waals surface area contributed by atoms with Crippen LogP contribution in [0, 0.1) is 10.8 Å². The summed E-state index contributed by atoms with van der Waals surface area (Å²) in [4.78, 5) is 12.4. The van der Waals surface area contributed by atoms with Crippen LogP contribution in [0.5, 0.6) is 0 Å².